The Bertz CT molecular complexity index is 682. The van der Waals surface area contributed by atoms with Gasteiger partial charge in [0.25, 0.3) is 0 Å². The van der Waals surface area contributed by atoms with E-state index in [0.717, 1.165) is 44.7 Å². The molecule has 2 aromatic rings. The van der Waals surface area contributed by atoms with Crippen molar-refractivity contribution in [2.24, 2.45) is 0 Å². The van der Waals surface area contributed by atoms with Crippen molar-refractivity contribution in [1.82, 2.24) is 35.7 Å². The number of hydrogen-bond acceptors (Lipinski definition) is 6. The van der Waals surface area contributed by atoms with Gasteiger partial charge < -0.3 is 15.5 Å². The highest BCUT2D eigenvalue weighted by molar-refractivity contribution is 5.80. The second-order valence-corrected chi connectivity index (χ2v) is 6.61. The first-order valence-electron chi connectivity index (χ1n) is 9.23. The molecule has 0 bridgehead atoms. The number of aryl methyl sites for hydroxylation is 1. The molecule has 0 saturated carbocycles. The van der Waals surface area contributed by atoms with Crippen LogP contribution in [-0.2, 0) is 11.2 Å². The maximum absolute atomic E-state index is 12.8. The lowest BCUT2D eigenvalue weighted by atomic mass is 10.1. The molecule has 26 heavy (non-hydrogen) atoms. The smallest absolute Gasteiger partial charge is 0.245 e. The number of benzene rings is 1. The number of piperazine rings is 1. The normalized spacial score (nSPS) is 16.3. The molecule has 1 aromatic heterocycles. The molecule has 2 N–H and O–H groups in total. The summed E-state index contributed by atoms with van der Waals surface area (Å²) < 4.78 is 1.61. The van der Waals surface area contributed by atoms with Crippen molar-refractivity contribution >= 4 is 5.91 Å². The van der Waals surface area contributed by atoms with Crippen LogP contribution >= 0.6 is 0 Å². The maximum atomic E-state index is 12.8. The third-order valence-electron chi connectivity index (χ3n) is 4.69. The number of carbonyl (C=O) groups is 1. The summed E-state index contributed by atoms with van der Waals surface area (Å²) >= 11 is 0. The maximum Gasteiger partial charge on any atom is 0.245 e. The van der Waals surface area contributed by atoms with E-state index in [9.17, 15) is 4.79 Å². The van der Waals surface area contributed by atoms with Gasteiger partial charge in [-0.1, -0.05) is 30.3 Å². The Kier molecular flexibility index (Phi) is 6.68. The van der Waals surface area contributed by atoms with E-state index in [1.54, 1.807) is 4.68 Å². The third kappa shape index (κ3) is 5.09. The van der Waals surface area contributed by atoms with Crippen molar-refractivity contribution in [2.75, 3.05) is 39.3 Å². The summed E-state index contributed by atoms with van der Waals surface area (Å²) in [6.07, 6.45) is 1.51. The highest BCUT2D eigenvalue weighted by Crippen LogP contribution is 2.15. The summed E-state index contributed by atoms with van der Waals surface area (Å²) in [5.41, 5.74) is 1.09. The molecule has 0 aliphatic carbocycles. The summed E-state index contributed by atoms with van der Waals surface area (Å²) in [4.78, 5) is 15.2. The number of nitrogens with one attached hydrogen (secondary N) is 2. The Labute approximate surface area is 154 Å². The summed E-state index contributed by atoms with van der Waals surface area (Å²) in [5.74, 6) is 0.603. The molecular formula is C18H27N7O. The topological polar surface area (TPSA) is 88.0 Å². The van der Waals surface area contributed by atoms with E-state index >= 15 is 0 Å². The molecule has 1 atom stereocenters. The quantitative estimate of drug-likeness (QED) is 0.655. The average molecular weight is 357 g/mol. The number of rotatable bonds is 8. The first-order valence-corrected chi connectivity index (χ1v) is 9.23. The van der Waals surface area contributed by atoms with Crippen LogP contribution in [0.5, 0.6) is 0 Å². The SMILES string of the molecule is Cc1nnnn1C(Cc1ccccc1)C(=O)NCCCN1CCNCC1. The molecule has 0 spiro atoms. The zero-order valence-electron chi connectivity index (χ0n) is 15.3. The fourth-order valence-electron chi connectivity index (χ4n) is 3.22. The molecule has 8 heteroatoms. The fourth-order valence-corrected chi connectivity index (χ4v) is 3.22. The molecule has 1 aliphatic rings. The van der Waals surface area contributed by atoms with E-state index in [2.05, 4.69) is 31.1 Å². The van der Waals surface area contributed by atoms with Gasteiger partial charge in [-0.15, -0.1) is 5.10 Å². The summed E-state index contributed by atoms with van der Waals surface area (Å²) in [6, 6.07) is 9.52. The molecule has 1 amide bonds. The molecule has 1 aromatic carbocycles. The highest BCUT2D eigenvalue weighted by atomic mass is 16.2. The molecule has 140 valence electrons. The minimum Gasteiger partial charge on any atom is -0.354 e. The van der Waals surface area contributed by atoms with Crippen molar-refractivity contribution in [1.29, 1.82) is 0 Å². The van der Waals surface area contributed by atoms with Gasteiger partial charge in [-0.3, -0.25) is 4.79 Å². The Morgan fingerprint density at radius 1 is 1.27 bits per heavy atom. The van der Waals surface area contributed by atoms with Gasteiger partial charge in [-0.2, -0.15) is 0 Å². The van der Waals surface area contributed by atoms with Gasteiger partial charge in [0.15, 0.2) is 0 Å². The Balaban J connectivity index is 1.55. The van der Waals surface area contributed by atoms with E-state index in [0.29, 0.717) is 18.8 Å². The standard InChI is InChI=1S/C18H27N7O/c1-15-21-22-23-25(15)17(14-16-6-3-2-4-7-16)18(26)20-8-5-11-24-12-9-19-10-13-24/h2-4,6-7,17,19H,5,8-14H2,1H3,(H,20,26). The van der Waals surface area contributed by atoms with Crippen molar-refractivity contribution in [3.8, 4) is 0 Å². The van der Waals surface area contributed by atoms with Crippen LogP contribution in [0.1, 0.15) is 23.9 Å². The number of hydrogen-bond donors (Lipinski definition) is 2. The van der Waals surface area contributed by atoms with Crippen LogP contribution in [0.4, 0.5) is 0 Å². The number of amides is 1. The molecule has 8 nitrogen and oxygen atoms in total. The summed E-state index contributed by atoms with van der Waals surface area (Å²) in [6.45, 7) is 7.73. The van der Waals surface area contributed by atoms with E-state index < -0.39 is 6.04 Å². The zero-order valence-corrected chi connectivity index (χ0v) is 15.3. The van der Waals surface area contributed by atoms with Crippen molar-refractivity contribution in [2.45, 2.75) is 25.8 Å². The van der Waals surface area contributed by atoms with E-state index in [1.165, 1.54) is 0 Å². The Morgan fingerprint density at radius 2 is 2.04 bits per heavy atom. The molecule has 1 saturated heterocycles. The van der Waals surface area contributed by atoms with Crippen LogP contribution in [0.15, 0.2) is 30.3 Å². The first kappa shape index (κ1) is 18.5. The molecule has 1 unspecified atom stereocenters. The van der Waals surface area contributed by atoms with Gasteiger partial charge in [0.1, 0.15) is 11.9 Å². The van der Waals surface area contributed by atoms with Crippen LogP contribution in [-0.4, -0.2) is 70.3 Å². The lowest BCUT2D eigenvalue weighted by Gasteiger charge is -2.27. The predicted octanol–water partition coefficient (Wildman–Crippen LogP) is 0.177. The van der Waals surface area contributed by atoms with Crippen molar-refractivity contribution in [3.05, 3.63) is 41.7 Å². The fraction of sp³-hybridized carbons (Fsp3) is 0.556. The number of aromatic nitrogens is 4. The van der Waals surface area contributed by atoms with Gasteiger partial charge in [0, 0.05) is 39.1 Å². The molecule has 3 rings (SSSR count). The molecule has 0 radical (unpaired) electrons. The van der Waals surface area contributed by atoms with Crippen molar-refractivity contribution in [3.63, 3.8) is 0 Å². The molecular weight excluding hydrogens is 330 g/mol. The van der Waals surface area contributed by atoms with Crippen LogP contribution in [0.3, 0.4) is 0 Å². The second kappa shape index (κ2) is 9.40. The lowest BCUT2D eigenvalue weighted by molar-refractivity contribution is -0.124. The Hall–Kier alpha value is -2.32. The van der Waals surface area contributed by atoms with Gasteiger partial charge in [0.2, 0.25) is 5.91 Å². The first-order chi connectivity index (χ1) is 12.7. The predicted molar refractivity (Wildman–Crippen MR) is 98.7 cm³/mol. The van der Waals surface area contributed by atoms with Crippen molar-refractivity contribution < 1.29 is 4.79 Å². The minimum absolute atomic E-state index is 0.0374. The lowest BCUT2D eigenvalue weighted by Crippen LogP contribution is -2.44. The van der Waals surface area contributed by atoms with Gasteiger partial charge in [0.05, 0.1) is 0 Å². The summed E-state index contributed by atoms with van der Waals surface area (Å²) in [5, 5.41) is 18.0. The largest absolute Gasteiger partial charge is 0.354 e. The third-order valence-corrected chi connectivity index (χ3v) is 4.69. The van der Waals surface area contributed by atoms with E-state index in [1.807, 2.05) is 37.3 Å². The van der Waals surface area contributed by atoms with Gasteiger partial charge >= 0.3 is 0 Å². The highest BCUT2D eigenvalue weighted by Gasteiger charge is 2.24. The van der Waals surface area contributed by atoms with Crippen LogP contribution < -0.4 is 10.6 Å². The second-order valence-electron chi connectivity index (χ2n) is 6.61. The van der Waals surface area contributed by atoms with Crippen LogP contribution in [0.2, 0.25) is 0 Å². The number of nitrogens with zero attached hydrogens (tertiary/aromatic N) is 5. The monoisotopic (exact) mass is 357 g/mol. The average Bonchev–Trinajstić information content (AvgIpc) is 3.10. The minimum atomic E-state index is -0.438. The zero-order chi connectivity index (χ0) is 18.2. The Morgan fingerprint density at radius 3 is 2.73 bits per heavy atom. The van der Waals surface area contributed by atoms with Gasteiger partial charge in [-0.05, 0) is 35.9 Å². The van der Waals surface area contributed by atoms with Crippen LogP contribution in [0, 0.1) is 6.92 Å². The molecule has 2 heterocycles. The number of tetrazole rings is 1. The van der Waals surface area contributed by atoms with Gasteiger partial charge in [-0.25, -0.2) is 4.68 Å². The summed E-state index contributed by atoms with van der Waals surface area (Å²) in [7, 11) is 0. The van der Waals surface area contributed by atoms with E-state index in [4.69, 9.17) is 0 Å². The molecule has 1 fully saturated rings. The van der Waals surface area contributed by atoms with Crippen LogP contribution in [0.25, 0.3) is 0 Å². The number of carbonyl (C=O) groups excluding carboxylic acids is 1. The molecule has 1 aliphatic heterocycles. The van der Waals surface area contributed by atoms with E-state index in [-0.39, 0.29) is 5.91 Å².